The number of halogens is 3. The summed E-state index contributed by atoms with van der Waals surface area (Å²) in [6.07, 6.45) is 0.501. The van der Waals surface area contributed by atoms with Crippen molar-refractivity contribution in [3.63, 3.8) is 0 Å². The second-order valence-corrected chi connectivity index (χ2v) is 12.1. The molecule has 2 aliphatic rings. The van der Waals surface area contributed by atoms with Gasteiger partial charge in [0.15, 0.2) is 0 Å². The zero-order valence-electron chi connectivity index (χ0n) is 24.9. The van der Waals surface area contributed by atoms with E-state index in [9.17, 15) is 13.2 Å². The first-order valence-electron chi connectivity index (χ1n) is 15.0. The molecule has 2 aromatic carbocycles. The van der Waals surface area contributed by atoms with Crippen molar-refractivity contribution in [2.24, 2.45) is 11.8 Å². The van der Waals surface area contributed by atoms with E-state index >= 15 is 0 Å². The monoisotopic (exact) mass is 593 g/mol. The Hall–Kier alpha value is -3.73. The van der Waals surface area contributed by atoms with Crippen LogP contribution in [-0.2, 0) is 30.5 Å². The molecule has 43 heavy (non-hydrogen) atoms. The molecule has 0 N–H and O–H groups in total. The van der Waals surface area contributed by atoms with Crippen LogP contribution in [0.15, 0.2) is 42.5 Å². The lowest BCUT2D eigenvalue weighted by atomic mass is 10.0. The predicted octanol–water partition coefficient (Wildman–Crippen LogP) is 6.34. The summed E-state index contributed by atoms with van der Waals surface area (Å²) in [6, 6.07) is 12.5. The van der Waals surface area contributed by atoms with Crippen LogP contribution in [0, 0.1) is 25.7 Å². The van der Waals surface area contributed by atoms with E-state index in [1.54, 1.807) is 20.1 Å². The number of alkyl halides is 3. The van der Waals surface area contributed by atoms with E-state index in [1.165, 1.54) is 42.6 Å². The molecule has 4 aromatic rings. The molecule has 8 nitrogen and oxygen atoms in total. The molecule has 2 heterocycles. The normalized spacial score (nSPS) is 15.3. The Labute approximate surface area is 249 Å². The summed E-state index contributed by atoms with van der Waals surface area (Å²) in [4.78, 5) is 11.1. The predicted molar refractivity (Wildman–Crippen MR) is 160 cm³/mol. The van der Waals surface area contributed by atoms with Crippen molar-refractivity contribution in [3.8, 4) is 0 Å². The zero-order valence-corrected chi connectivity index (χ0v) is 24.9. The minimum absolute atomic E-state index is 0.178. The number of hydrogen-bond donors (Lipinski definition) is 0. The molecule has 2 aliphatic carbocycles. The van der Waals surface area contributed by atoms with Gasteiger partial charge in [-0.05, 0) is 85.9 Å². The molecule has 0 aliphatic heterocycles. The largest absolute Gasteiger partial charge is 0.416 e. The maximum Gasteiger partial charge on any atom is 0.416 e. The van der Waals surface area contributed by atoms with E-state index in [1.807, 2.05) is 11.0 Å². The maximum absolute atomic E-state index is 13.7. The van der Waals surface area contributed by atoms with Gasteiger partial charge in [-0.15, -0.1) is 5.10 Å². The molecule has 2 aromatic heterocycles. The van der Waals surface area contributed by atoms with Crippen LogP contribution in [0.25, 0.3) is 10.9 Å². The molecule has 0 unspecified atom stereocenters. The summed E-state index contributed by atoms with van der Waals surface area (Å²) in [5, 5.41) is 14.1. The van der Waals surface area contributed by atoms with Crippen molar-refractivity contribution in [2.75, 3.05) is 36.6 Å². The molecule has 2 fully saturated rings. The molecule has 0 atom stereocenters. The van der Waals surface area contributed by atoms with E-state index in [0.29, 0.717) is 48.6 Å². The second-order valence-electron chi connectivity index (χ2n) is 12.1. The number of hydrogen-bond acceptors (Lipinski definition) is 7. The van der Waals surface area contributed by atoms with Gasteiger partial charge in [0.25, 0.3) is 5.95 Å². The van der Waals surface area contributed by atoms with Crippen LogP contribution in [0.1, 0.15) is 53.5 Å². The number of benzene rings is 2. The van der Waals surface area contributed by atoms with Crippen LogP contribution >= 0.6 is 0 Å². The number of fused-ring (bicyclic) bond motifs is 1. The first-order valence-corrected chi connectivity index (χ1v) is 15.0. The Morgan fingerprint density at radius 2 is 1.70 bits per heavy atom. The number of nitrogens with zero attached hydrogens (tertiary/aromatic N) is 7. The summed E-state index contributed by atoms with van der Waals surface area (Å²) in [5.41, 5.74) is 3.49. The van der Waals surface area contributed by atoms with Crippen LogP contribution < -0.4 is 9.80 Å². The van der Waals surface area contributed by atoms with Gasteiger partial charge in [0, 0.05) is 44.2 Å². The average molecular weight is 594 g/mol. The number of ether oxygens (including phenoxy) is 1. The number of para-hydroxylation sites is 1. The highest BCUT2D eigenvalue weighted by Gasteiger charge is 2.33. The number of aryl methyl sites for hydroxylation is 2. The number of pyridine rings is 1. The standard InChI is InChI=1S/C32H38F3N7O/c1-21-13-25(15-28(14-21)32(33,34)35)19-41(31-37-39-42(38-31)11-12-43-3)20-27-16-26-6-4-5-22(2)29(26)36-30(27)40(17-23-7-8-23)18-24-9-10-24/h4-6,13-16,23-24H,7-12,17-20H2,1-3H3. The third-order valence-corrected chi connectivity index (χ3v) is 8.17. The van der Waals surface area contributed by atoms with E-state index in [4.69, 9.17) is 9.72 Å². The molecular weight excluding hydrogens is 555 g/mol. The van der Waals surface area contributed by atoms with Gasteiger partial charge in [-0.2, -0.15) is 18.0 Å². The van der Waals surface area contributed by atoms with Gasteiger partial charge in [0.05, 0.1) is 24.2 Å². The molecule has 0 spiro atoms. The van der Waals surface area contributed by atoms with E-state index in [2.05, 4.69) is 45.4 Å². The number of anilines is 2. The highest BCUT2D eigenvalue weighted by Crippen LogP contribution is 2.38. The van der Waals surface area contributed by atoms with Crippen molar-refractivity contribution < 1.29 is 17.9 Å². The van der Waals surface area contributed by atoms with Crippen LogP contribution in [0.2, 0.25) is 0 Å². The summed E-state index contributed by atoms with van der Waals surface area (Å²) < 4.78 is 46.4. The molecule has 0 saturated heterocycles. The smallest absolute Gasteiger partial charge is 0.383 e. The van der Waals surface area contributed by atoms with E-state index in [-0.39, 0.29) is 6.54 Å². The molecule has 2 saturated carbocycles. The van der Waals surface area contributed by atoms with Crippen molar-refractivity contribution in [2.45, 2.75) is 65.3 Å². The minimum atomic E-state index is -4.44. The van der Waals surface area contributed by atoms with Gasteiger partial charge < -0.3 is 14.5 Å². The van der Waals surface area contributed by atoms with E-state index < -0.39 is 11.7 Å². The van der Waals surface area contributed by atoms with Gasteiger partial charge in [-0.25, -0.2) is 4.98 Å². The van der Waals surface area contributed by atoms with Gasteiger partial charge in [-0.3, -0.25) is 0 Å². The summed E-state index contributed by atoms with van der Waals surface area (Å²) in [7, 11) is 1.60. The lowest BCUT2D eigenvalue weighted by molar-refractivity contribution is -0.137. The Kier molecular flexibility index (Phi) is 8.26. The lowest BCUT2D eigenvalue weighted by Crippen LogP contribution is -2.32. The fourth-order valence-corrected chi connectivity index (χ4v) is 5.61. The quantitative estimate of drug-likeness (QED) is 0.179. The summed E-state index contributed by atoms with van der Waals surface area (Å²) >= 11 is 0. The third-order valence-electron chi connectivity index (χ3n) is 8.17. The number of aromatic nitrogens is 5. The first kappa shape index (κ1) is 29.3. The maximum atomic E-state index is 13.7. The lowest BCUT2D eigenvalue weighted by Gasteiger charge is -2.29. The SMILES string of the molecule is COCCn1nnc(N(Cc2cc(C)cc(C(F)(F)F)c2)Cc2cc3cccc(C)c3nc2N(CC2CC2)CC2CC2)n1. The van der Waals surface area contributed by atoms with Gasteiger partial charge in [0.2, 0.25) is 0 Å². The van der Waals surface area contributed by atoms with Crippen molar-refractivity contribution in [1.29, 1.82) is 0 Å². The molecule has 0 bridgehead atoms. The number of methoxy groups -OCH3 is 1. The molecule has 6 rings (SSSR count). The van der Waals surface area contributed by atoms with Crippen LogP contribution in [0.5, 0.6) is 0 Å². The molecule has 228 valence electrons. The highest BCUT2D eigenvalue weighted by atomic mass is 19.4. The number of tetrazole rings is 1. The second kappa shape index (κ2) is 12.1. The zero-order chi connectivity index (χ0) is 30.1. The highest BCUT2D eigenvalue weighted by molar-refractivity contribution is 5.84. The van der Waals surface area contributed by atoms with Gasteiger partial charge in [-0.1, -0.05) is 34.9 Å². The molecule has 11 heteroatoms. The Morgan fingerprint density at radius 1 is 0.953 bits per heavy atom. The van der Waals surface area contributed by atoms with Crippen molar-refractivity contribution in [3.05, 3.63) is 70.3 Å². The minimum Gasteiger partial charge on any atom is -0.383 e. The van der Waals surface area contributed by atoms with Crippen LogP contribution in [-0.4, -0.2) is 52.0 Å². The van der Waals surface area contributed by atoms with E-state index in [0.717, 1.165) is 40.9 Å². The first-order chi connectivity index (χ1) is 20.7. The Balaban J connectivity index is 1.41. The van der Waals surface area contributed by atoms with Crippen LogP contribution in [0.4, 0.5) is 24.9 Å². The molecule has 0 radical (unpaired) electrons. The van der Waals surface area contributed by atoms with Crippen LogP contribution in [0.3, 0.4) is 0 Å². The number of rotatable bonds is 13. The van der Waals surface area contributed by atoms with Gasteiger partial charge in [0.1, 0.15) is 5.82 Å². The van der Waals surface area contributed by atoms with Gasteiger partial charge >= 0.3 is 6.18 Å². The molecule has 0 amide bonds. The molecular formula is C32H38F3N7O. The Morgan fingerprint density at radius 3 is 2.37 bits per heavy atom. The summed E-state index contributed by atoms with van der Waals surface area (Å²) in [5.74, 6) is 2.63. The summed E-state index contributed by atoms with van der Waals surface area (Å²) in [6.45, 7) is 7.06. The fourth-order valence-electron chi connectivity index (χ4n) is 5.61. The third kappa shape index (κ3) is 7.26. The Bertz CT molecular complexity index is 1570. The fraction of sp³-hybridized carbons (Fsp3) is 0.500. The van der Waals surface area contributed by atoms with Crippen molar-refractivity contribution in [1.82, 2.24) is 25.2 Å². The average Bonchev–Trinajstić information content (AvgIpc) is 3.90. The topological polar surface area (TPSA) is 72.2 Å². The van der Waals surface area contributed by atoms with Crippen molar-refractivity contribution >= 4 is 22.7 Å².